The maximum Gasteiger partial charge on any atom is 0.0611 e. The summed E-state index contributed by atoms with van der Waals surface area (Å²) in [6, 6.07) is 2.97. The summed E-state index contributed by atoms with van der Waals surface area (Å²) < 4.78 is 0. The Morgan fingerprint density at radius 1 is 0.750 bits per heavy atom. The molecule has 3 heteroatoms. The maximum absolute atomic E-state index is 2.56. The summed E-state index contributed by atoms with van der Waals surface area (Å²) in [6.45, 7) is 18.7. The Morgan fingerprint density at radius 3 is 1.45 bits per heavy atom. The van der Waals surface area contributed by atoms with Crippen LogP contribution in [0.15, 0.2) is 11.8 Å². The summed E-state index contributed by atoms with van der Waals surface area (Å²) in [5.74, 6) is 0. The van der Waals surface area contributed by atoms with Crippen LogP contribution >= 0.6 is 0 Å². The van der Waals surface area contributed by atoms with Crippen molar-refractivity contribution in [2.24, 2.45) is 0 Å². The highest BCUT2D eigenvalue weighted by atomic mass is 28.3. The zero-order chi connectivity index (χ0) is 15.2. The van der Waals surface area contributed by atoms with Gasteiger partial charge in [-0.3, -0.25) is 0 Å². The van der Waals surface area contributed by atoms with E-state index in [-0.39, 0.29) is 0 Å². The van der Waals surface area contributed by atoms with Gasteiger partial charge in [-0.15, -0.1) is 5.70 Å². The highest BCUT2D eigenvalue weighted by molar-refractivity contribution is 6.64. The molecule has 20 heavy (non-hydrogen) atoms. The first-order chi connectivity index (χ1) is 9.71. The van der Waals surface area contributed by atoms with Crippen molar-refractivity contribution in [1.82, 2.24) is 9.80 Å². The normalized spacial score (nSPS) is 12.4. The molecule has 0 aromatic rings. The van der Waals surface area contributed by atoms with Crippen LogP contribution in [-0.4, -0.2) is 57.9 Å². The van der Waals surface area contributed by atoms with E-state index in [0.29, 0.717) is 0 Å². The fourth-order valence-electron chi connectivity index (χ4n) is 2.84. The van der Waals surface area contributed by atoms with Gasteiger partial charge in [0.1, 0.15) is 0 Å². The van der Waals surface area contributed by atoms with Crippen LogP contribution in [-0.2, 0) is 0 Å². The maximum atomic E-state index is 2.56. The average molecular weight is 299 g/mol. The minimum Gasteiger partial charge on any atom is -0.304 e. The molecule has 0 aliphatic carbocycles. The van der Waals surface area contributed by atoms with Crippen LogP contribution in [0.1, 0.15) is 47.5 Å². The van der Waals surface area contributed by atoms with Gasteiger partial charge < -0.3 is 9.80 Å². The predicted octanol–water partition coefficient (Wildman–Crippen LogP) is 3.79. The van der Waals surface area contributed by atoms with Crippen molar-refractivity contribution in [3.63, 3.8) is 0 Å². The molecule has 0 amide bonds. The Labute approximate surface area is 129 Å². The zero-order valence-corrected chi connectivity index (χ0v) is 15.9. The lowest BCUT2D eigenvalue weighted by atomic mass is 10.4. The molecule has 0 aromatic heterocycles. The molecular formula is C17H38N2Si. The van der Waals surface area contributed by atoms with Crippen LogP contribution in [0.4, 0.5) is 0 Å². The monoisotopic (exact) mass is 298 g/mol. The lowest BCUT2D eigenvalue weighted by Gasteiger charge is -2.21. The standard InChI is InChI=1S/C17H38N2Si/c1-6-15-20(16-11-13-18(7-2)8-3)17-12-14-19(9-4)10-5/h6,15,20H,7-14,16-17H2,1-5H3. The Hall–Kier alpha value is -0.123. The molecule has 0 radical (unpaired) electrons. The summed E-state index contributed by atoms with van der Waals surface area (Å²) in [7, 11) is -0.630. The molecule has 0 saturated carbocycles. The fraction of sp³-hybridized carbons (Fsp3) is 0.882. The number of hydrogen-bond donors (Lipinski definition) is 0. The second-order valence-corrected chi connectivity index (χ2v) is 8.68. The van der Waals surface area contributed by atoms with Gasteiger partial charge in [-0.05, 0) is 59.0 Å². The van der Waals surface area contributed by atoms with Crippen molar-refractivity contribution >= 4 is 8.80 Å². The molecule has 2 nitrogen and oxygen atoms in total. The molecule has 120 valence electrons. The average Bonchev–Trinajstić information content (AvgIpc) is 2.48. The third kappa shape index (κ3) is 9.73. The van der Waals surface area contributed by atoms with Crippen LogP contribution in [0, 0.1) is 0 Å². The van der Waals surface area contributed by atoms with Crippen molar-refractivity contribution in [1.29, 1.82) is 0 Å². The Balaban J connectivity index is 3.92. The van der Waals surface area contributed by atoms with E-state index in [0.717, 1.165) is 0 Å². The Bertz CT molecular complexity index is 205. The second kappa shape index (κ2) is 13.8. The molecule has 0 spiro atoms. The molecule has 0 fully saturated rings. The molecule has 0 aliphatic heterocycles. The second-order valence-electron chi connectivity index (χ2n) is 5.62. The zero-order valence-electron chi connectivity index (χ0n) is 14.7. The number of hydrogen-bond acceptors (Lipinski definition) is 2. The molecule has 0 rings (SSSR count). The van der Waals surface area contributed by atoms with Crippen molar-refractivity contribution in [3.8, 4) is 0 Å². The van der Waals surface area contributed by atoms with Crippen LogP contribution in [0.5, 0.6) is 0 Å². The van der Waals surface area contributed by atoms with Crippen molar-refractivity contribution < 1.29 is 0 Å². The molecule has 0 unspecified atom stereocenters. The van der Waals surface area contributed by atoms with Gasteiger partial charge in [0.15, 0.2) is 0 Å². The van der Waals surface area contributed by atoms with E-state index in [1.54, 1.807) is 0 Å². The summed E-state index contributed by atoms with van der Waals surface area (Å²) in [6.07, 6.45) is 5.09. The Morgan fingerprint density at radius 2 is 1.15 bits per heavy atom. The molecule has 0 heterocycles. The molecule has 0 saturated heterocycles. The predicted molar refractivity (Wildman–Crippen MR) is 96.4 cm³/mol. The topological polar surface area (TPSA) is 6.48 Å². The number of nitrogens with zero attached hydrogens (tertiary/aromatic N) is 2. The minimum absolute atomic E-state index is 0.630. The highest BCUT2D eigenvalue weighted by Gasteiger charge is 2.09. The minimum atomic E-state index is -0.630. The van der Waals surface area contributed by atoms with Crippen molar-refractivity contribution in [2.45, 2.75) is 59.5 Å². The summed E-state index contributed by atoms with van der Waals surface area (Å²) in [5.41, 5.74) is 2.56. The van der Waals surface area contributed by atoms with E-state index in [4.69, 9.17) is 0 Å². The lowest BCUT2D eigenvalue weighted by Crippen LogP contribution is -2.26. The van der Waals surface area contributed by atoms with Gasteiger partial charge in [0.05, 0.1) is 8.80 Å². The van der Waals surface area contributed by atoms with Crippen LogP contribution in [0.3, 0.4) is 0 Å². The largest absolute Gasteiger partial charge is 0.304 e. The van der Waals surface area contributed by atoms with Crippen LogP contribution < -0.4 is 0 Å². The van der Waals surface area contributed by atoms with Gasteiger partial charge in [-0.2, -0.15) is 0 Å². The van der Waals surface area contributed by atoms with Gasteiger partial charge in [0, 0.05) is 0 Å². The summed E-state index contributed by atoms with van der Waals surface area (Å²) in [5, 5.41) is 0. The first-order valence-corrected chi connectivity index (χ1v) is 11.1. The van der Waals surface area contributed by atoms with E-state index in [1.807, 2.05) is 0 Å². The molecular weight excluding hydrogens is 260 g/mol. The molecule has 0 N–H and O–H groups in total. The van der Waals surface area contributed by atoms with Gasteiger partial charge in [0.25, 0.3) is 0 Å². The fourth-order valence-corrected chi connectivity index (χ4v) is 5.47. The number of allylic oxidation sites excluding steroid dienone is 1. The lowest BCUT2D eigenvalue weighted by molar-refractivity contribution is 0.302. The van der Waals surface area contributed by atoms with Crippen LogP contribution in [0.2, 0.25) is 12.1 Å². The van der Waals surface area contributed by atoms with Crippen LogP contribution in [0.25, 0.3) is 0 Å². The Kier molecular flexibility index (Phi) is 13.8. The van der Waals surface area contributed by atoms with Gasteiger partial charge in [-0.1, -0.05) is 45.9 Å². The quantitative estimate of drug-likeness (QED) is 0.477. The van der Waals surface area contributed by atoms with Gasteiger partial charge in [0.2, 0.25) is 0 Å². The van der Waals surface area contributed by atoms with Crippen molar-refractivity contribution in [3.05, 3.63) is 11.8 Å². The SMILES string of the molecule is CC=C[SiH](CCCN(CC)CC)CCCN(CC)CC. The smallest absolute Gasteiger partial charge is 0.0611 e. The van der Waals surface area contributed by atoms with E-state index in [2.05, 4.69) is 56.2 Å². The first kappa shape index (κ1) is 19.9. The third-order valence-electron chi connectivity index (χ3n) is 4.35. The van der Waals surface area contributed by atoms with Crippen molar-refractivity contribution in [2.75, 3.05) is 39.3 Å². The van der Waals surface area contributed by atoms with E-state index in [9.17, 15) is 0 Å². The highest BCUT2D eigenvalue weighted by Crippen LogP contribution is 2.10. The molecule has 0 aromatic carbocycles. The molecule has 0 atom stereocenters. The van der Waals surface area contributed by atoms with E-state index >= 15 is 0 Å². The summed E-state index contributed by atoms with van der Waals surface area (Å²) in [4.78, 5) is 5.11. The summed E-state index contributed by atoms with van der Waals surface area (Å²) >= 11 is 0. The van der Waals surface area contributed by atoms with E-state index in [1.165, 1.54) is 64.2 Å². The van der Waals surface area contributed by atoms with Gasteiger partial charge >= 0.3 is 0 Å². The first-order valence-electron chi connectivity index (χ1n) is 8.79. The molecule has 0 aliphatic rings. The van der Waals surface area contributed by atoms with Gasteiger partial charge in [-0.25, -0.2) is 0 Å². The van der Waals surface area contributed by atoms with E-state index < -0.39 is 8.80 Å². The third-order valence-corrected chi connectivity index (χ3v) is 7.58. The molecule has 0 bridgehead atoms. The number of rotatable bonds is 13.